The maximum Gasteiger partial charge on any atom is 0.0938 e. The number of aliphatic hydroxyl groups is 1. The second-order valence-electron chi connectivity index (χ2n) is 5.41. The van der Waals surface area contributed by atoms with E-state index >= 15 is 0 Å². The predicted octanol–water partition coefficient (Wildman–Crippen LogP) is 3.73. The lowest BCUT2D eigenvalue weighted by molar-refractivity contribution is -0.124. The van der Waals surface area contributed by atoms with Crippen molar-refractivity contribution in [2.24, 2.45) is 0 Å². The van der Waals surface area contributed by atoms with Gasteiger partial charge in [-0.1, -0.05) is 32.0 Å². The molecule has 0 aliphatic carbocycles. The van der Waals surface area contributed by atoms with E-state index in [-0.39, 0.29) is 0 Å². The standard InChI is InChI=1S/C18H25NO2/c1-4-18(5-2,21-6-3)17(20)13-14-11-12-19-16-10-8-7-9-15(14)16/h7-12,17,20H,4-6,13H2,1-3H3. The average Bonchev–Trinajstić information content (AvgIpc) is 2.53. The fourth-order valence-electron chi connectivity index (χ4n) is 3.04. The number of rotatable bonds is 7. The third-order valence-electron chi connectivity index (χ3n) is 4.39. The molecule has 0 saturated heterocycles. The molecule has 0 bridgehead atoms. The quantitative estimate of drug-likeness (QED) is 0.843. The topological polar surface area (TPSA) is 42.4 Å². The van der Waals surface area contributed by atoms with Crippen molar-refractivity contribution in [3.8, 4) is 0 Å². The summed E-state index contributed by atoms with van der Waals surface area (Å²) in [6.45, 7) is 6.75. The Labute approximate surface area is 127 Å². The van der Waals surface area contributed by atoms with Gasteiger partial charge in [-0.25, -0.2) is 0 Å². The summed E-state index contributed by atoms with van der Waals surface area (Å²) in [7, 11) is 0. The third-order valence-corrected chi connectivity index (χ3v) is 4.39. The molecule has 3 nitrogen and oxygen atoms in total. The molecule has 0 spiro atoms. The second kappa shape index (κ2) is 7.01. The van der Waals surface area contributed by atoms with Crippen LogP contribution in [0.5, 0.6) is 0 Å². The van der Waals surface area contributed by atoms with Crippen LogP contribution in [0.25, 0.3) is 10.9 Å². The second-order valence-corrected chi connectivity index (χ2v) is 5.41. The van der Waals surface area contributed by atoms with Gasteiger partial charge in [-0.3, -0.25) is 4.98 Å². The summed E-state index contributed by atoms with van der Waals surface area (Å²) in [5.74, 6) is 0. The zero-order valence-corrected chi connectivity index (χ0v) is 13.2. The largest absolute Gasteiger partial charge is 0.390 e. The van der Waals surface area contributed by atoms with Crippen LogP contribution in [0, 0.1) is 0 Å². The summed E-state index contributed by atoms with van der Waals surface area (Å²) in [6, 6.07) is 10.0. The maximum absolute atomic E-state index is 10.8. The van der Waals surface area contributed by atoms with E-state index in [0.29, 0.717) is 13.0 Å². The van der Waals surface area contributed by atoms with E-state index < -0.39 is 11.7 Å². The van der Waals surface area contributed by atoms with Gasteiger partial charge in [-0.2, -0.15) is 0 Å². The molecule has 3 heteroatoms. The van der Waals surface area contributed by atoms with Gasteiger partial charge in [0.05, 0.1) is 17.2 Å². The Bertz CT molecular complexity index is 573. The molecule has 0 radical (unpaired) electrons. The van der Waals surface area contributed by atoms with Crippen LogP contribution in [0.15, 0.2) is 36.5 Å². The molecule has 0 aliphatic heterocycles. The van der Waals surface area contributed by atoms with Crippen LogP contribution in [0.4, 0.5) is 0 Å². The predicted molar refractivity (Wildman–Crippen MR) is 86.4 cm³/mol. The van der Waals surface area contributed by atoms with Gasteiger partial charge in [0.25, 0.3) is 0 Å². The highest BCUT2D eigenvalue weighted by molar-refractivity contribution is 5.81. The first-order chi connectivity index (χ1) is 10.2. The van der Waals surface area contributed by atoms with E-state index in [1.54, 1.807) is 0 Å². The first kappa shape index (κ1) is 15.9. The van der Waals surface area contributed by atoms with Crippen LogP contribution in [-0.2, 0) is 11.2 Å². The molecule has 1 aromatic heterocycles. The molecule has 0 amide bonds. The summed E-state index contributed by atoms with van der Waals surface area (Å²) in [4.78, 5) is 4.38. The minimum absolute atomic E-state index is 0.459. The summed E-state index contributed by atoms with van der Waals surface area (Å²) >= 11 is 0. The van der Waals surface area contributed by atoms with Crippen LogP contribution in [0.3, 0.4) is 0 Å². The zero-order valence-electron chi connectivity index (χ0n) is 13.2. The summed E-state index contributed by atoms with van der Waals surface area (Å²) < 4.78 is 5.91. The van der Waals surface area contributed by atoms with Crippen LogP contribution >= 0.6 is 0 Å². The molecule has 0 saturated carbocycles. The number of fused-ring (bicyclic) bond motifs is 1. The third kappa shape index (κ3) is 3.25. The number of benzene rings is 1. The molecule has 2 rings (SSSR count). The molecule has 1 heterocycles. The number of aliphatic hydroxyl groups excluding tert-OH is 1. The van der Waals surface area contributed by atoms with Gasteiger partial charge in [0.1, 0.15) is 0 Å². The van der Waals surface area contributed by atoms with Crippen molar-refractivity contribution in [2.75, 3.05) is 6.61 Å². The van der Waals surface area contributed by atoms with Gasteiger partial charge in [-0.15, -0.1) is 0 Å². The van der Waals surface area contributed by atoms with Crippen LogP contribution in [0.1, 0.15) is 39.2 Å². The van der Waals surface area contributed by atoms with Gasteiger partial charge in [0, 0.05) is 24.6 Å². The van der Waals surface area contributed by atoms with E-state index in [1.165, 1.54) is 0 Å². The molecule has 0 aliphatic rings. The number of ether oxygens (including phenoxy) is 1. The van der Waals surface area contributed by atoms with Crippen molar-refractivity contribution in [1.82, 2.24) is 4.98 Å². The highest BCUT2D eigenvalue weighted by Crippen LogP contribution is 2.29. The van der Waals surface area contributed by atoms with Gasteiger partial charge < -0.3 is 9.84 Å². The van der Waals surface area contributed by atoms with Crippen molar-refractivity contribution in [1.29, 1.82) is 0 Å². The van der Waals surface area contributed by atoms with Crippen molar-refractivity contribution >= 4 is 10.9 Å². The van der Waals surface area contributed by atoms with Gasteiger partial charge >= 0.3 is 0 Å². The lowest BCUT2D eigenvalue weighted by Crippen LogP contribution is -2.45. The van der Waals surface area contributed by atoms with Crippen LogP contribution in [0.2, 0.25) is 0 Å². The van der Waals surface area contributed by atoms with Gasteiger partial charge in [-0.05, 0) is 37.5 Å². The normalized spacial score (nSPS) is 13.5. The molecular formula is C18H25NO2. The number of pyridine rings is 1. The molecule has 0 fully saturated rings. The van der Waals surface area contributed by atoms with Crippen molar-refractivity contribution in [3.63, 3.8) is 0 Å². The molecule has 1 atom stereocenters. The van der Waals surface area contributed by atoms with Crippen molar-refractivity contribution in [3.05, 3.63) is 42.1 Å². The van der Waals surface area contributed by atoms with E-state index in [4.69, 9.17) is 4.74 Å². The smallest absolute Gasteiger partial charge is 0.0938 e. The fraction of sp³-hybridized carbons (Fsp3) is 0.500. The summed E-state index contributed by atoms with van der Waals surface area (Å²) in [5, 5.41) is 11.9. The maximum atomic E-state index is 10.8. The van der Waals surface area contributed by atoms with E-state index in [2.05, 4.69) is 24.9 Å². The minimum atomic E-state index is -0.516. The average molecular weight is 287 g/mol. The highest BCUT2D eigenvalue weighted by atomic mass is 16.5. The number of hydrogen-bond donors (Lipinski definition) is 1. The Morgan fingerprint density at radius 2 is 1.86 bits per heavy atom. The number of hydrogen-bond acceptors (Lipinski definition) is 3. The summed E-state index contributed by atoms with van der Waals surface area (Å²) in [6.07, 6.45) is 3.50. The molecule has 114 valence electrons. The molecular weight excluding hydrogens is 262 g/mol. The van der Waals surface area contributed by atoms with Crippen LogP contribution < -0.4 is 0 Å². The number of nitrogens with zero attached hydrogens (tertiary/aromatic N) is 1. The molecule has 1 aromatic carbocycles. The van der Waals surface area contributed by atoms with E-state index in [0.717, 1.165) is 29.3 Å². The zero-order chi connectivity index (χ0) is 15.3. The van der Waals surface area contributed by atoms with E-state index in [9.17, 15) is 5.11 Å². The van der Waals surface area contributed by atoms with Gasteiger partial charge in [0.2, 0.25) is 0 Å². The lowest BCUT2D eigenvalue weighted by Gasteiger charge is -2.36. The lowest BCUT2D eigenvalue weighted by atomic mass is 9.86. The highest BCUT2D eigenvalue weighted by Gasteiger charge is 2.35. The number of para-hydroxylation sites is 1. The number of aromatic nitrogens is 1. The van der Waals surface area contributed by atoms with Crippen molar-refractivity contribution < 1.29 is 9.84 Å². The summed E-state index contributed by atoms with van der Waals surface area (Å²) in [5.41, 5.74) is 1.63. The first-order valence-corrected chi connectivity index (χ1v) is 7.81. The first-order valence-electron chi connectivity index (χ1n) is 7.81. The SMILES string of the molecule is CCOC(CC)(CC)C(O)Cc1ccnc2ccccc12. The minimum Gasteiger partial charge on any atom is -0.390 e. The molecule has 2 aromatic rings. The molecule has 1 N–H and O–H groups in total. The van der Waals surface area contributed by atoms with Gasteiger partial charge in [0.15, 0.2) is 0 Å². The van der Waals surface area contributed by atoms with Crippen LogP contribution in [-0.4, -0.2) is 28.4 Å². The molecule has 21 heavy (non-hydrogen) atoms. The Hall–Kier alpha value is -1.45. The fourth-order valence-corrected chi connectivity index (χ4v) is 3.04. The van der Waals surface area contributed by atoms with E-state index in [1.807, 2.05) is 37.4 Å². The molecule has 1 unspecified atom stereocenters. The Balaban J connectivity index is 2.30. The Morgan fingerprint density at radius 1 is 1.14 bits per heavy atom. The van der Waals surface area contributed by atoms with Crippen molar-refractivity contribution in [2.45, 2.75) is 51.7 Å². The Kier molecular flexibility index (Phi) is 5.32. The Morgan fingerprint density at radius 3 is 2.52 bits per heavy atom. The monoisotopic (exact) mass is 287 g/mol.